The zero-order chi connectivity index (χ0) is 28.3. The van der Waals surface area contributed by atoms with Gasteiger partial charge in [-0.25, -0.2) is 9.97 Å². The second-order valence-corrected chi connectivity index (χ2v) is 17.8. The highest BCUT2D eigenvalue weighted by Crippen LogP contribution is 2.38. The van der Waals surface area contributed by atoms with E-state index in [0.717, 1.165) is 52.9 Å². The van der Waals surface area contributed by atoms with Gasteiger partial charge in [0.25, 0.3) is 0 Å². The average Bonchev–Trinajstić information content (AvgIpc) is 3.74. The molecule has 0 saturated carbocycles. The predicted molar refractivity (Wildman–Crippen MR) is 156 cm³/mol. The molecule has 12 heteroatoms. The third-order valence-electron chi connectivity index (χ3n) is 7.36. The molecule has 1 aliphatic heterocycles. The standard InChI is InChI=1S/C28H31N9OSSi/c1-40(2,3)11-10-38-19-36-9-6-23-26(32-18-33-27(23)36)22-14-34-37(16-22)25(4-7-29)20-5-8-35(15-20)28-24(13-31)21(12-30)17-39-28/h6,9,14,16-18,20,25H,4-5,8,10-11,15,19H2,1-3H3/t20-,25-/m0/s1. The summed E-state index contributed by atoms with van der Waals surface area (Å²) in [5.41, 5.74) is 3.33. The molecule has 0 bridgehead atoms. The monoisotopic (exact) mass is 569 g/mol. The molecule has 2 atom stereocenters. The highest BCUT2D eigenvalue weighted by Gasteiger charge is 2.33. The van der Waals surface area contributed by atoms with Crippen LogP contribution in [0.4, 0.5) is 5.00 Å². The molecule has 4 aromatic rings. The third kappa shape index (κ3) is 5.63. The van der Waals surface area contributed by atoms with Crippen molar-refractivity contribution < 1.29 is 4.74 Å². The van der Waals surface area contributed by atoms with Gasteiger partial charge in [0.1, 0.15) is 41.4 Å². The van der Waals surface area contributed by atoms with E-state index < -0.39 is 8.07 Å². The summed E-state index contributed by atoms with van der Waals surface area (Å²) in [6, 6.07) is 9.63. The van der Waals surface area contributed by atoms with Crippen LogP contribution in [0.1, 0.15) is 30.0 Å². The van der Waals surface area contributed by atoms with Crippen LogP contribution in [-0.4, -0.2) is 52.1 Å². The Morgan fingerprint density at radius 1 is 1.20 bits per heavy atom. The molecule has 204 valence electrons. The van der Waals surface area contributed by atoms with Crippen molar-refractivity contribution >= 4 is 35.4 Å². The smallest absolute Gasteiger partial charge is 0.145 e. The molecule has 0 radical (unpaired) electrons. The summed E-state index contributed by atoms with van der Waals surface area (Å²) in [6.07, 6.45) is 8.50. The van der Waals surface area contributed by atoms with E-state index in [2.05, 4.69) is 57.8 Å². The van der Waals surface area contributed by atoms with Gasteiger partial charge in [0.2, 0.25) is 0 Å². The second kappa shape index (κ2) is 11.6. The zero-order valence-corrected chi connectivity index (χ0v) is 24.7. The maximum atomic E-state index is 9.64. The van der Waals surface area contributed by atoms with Crippen molar-refractivity contribution in [3.8, 4) is 29.5 Å². The Morgan fingerprint density at radius 3 is 2.80 bits per heavy atom. The number of hydrogen-bond acceptors (Lipinski definition) is 9. The summed E-state index contributed by atoms with van der Waals surface area (Å²) in [5, 5.41) is 36.7. The van der Waals surface area contributed by atoms with Crippen LogP contribution in [0, 0.1) is 39.9 Å². The van der Waals surface area contributed by atoms with Crippen LogP contribution in [0.25, 0.3) is 22.3 Å². The fourth-order valence-corrected chi connectivity index (χ4v) is 6.89. The van der Waals surface area contributed by atoms with Gasteiger partial charge in [0.15, 0.2) is 0 Å². The summed E-state index contributed by atoms with van der Waals surface area (Å²) in [4.78, 5) is 11.2. The lowest BCUT2D eigenvalue weighted by Crippen LogP contribution is -2.25. The molecule has 5 rings (SSSR count). The molecular formula is C28H31N9OSSi. The minimum Gasteiger partial charge on any atom is -0.362 e. The van der Waals surface area contributed by atoms with E-state index >= 15 is 0 Å². The van der Waals surface area contributed by atoms with Crippen molar-refractivity contribution in [3.63, 3.8) is 0 Å². The van der Waals surface area contributed by atoms with E-state index in [0.29, 0.717) is 30.8 Å². The number of anilines is 1. The molecule has 1 saturated heterocycles. The van der Waals surface area contributed by atoms with Gasteiger partial charge in [0.05, 0.1) is 36.0 Å². The summed E-state index contributed by atoms with van der Waals surface area (Å²) < 4.78 is 9.83. The first-order chi connectivity index (χ1) is 19.3. The van der Waals surface area contributed by atoms with Crippen molar-refractivity contribution in [2.45, 2.75) is 51.3 Å². The number of ether oxygens (including phenoxy) is 1. The normalized spacial score (nSPS) is 16.1. The number of rotatable bonds is 10. The minimum atomic E-state index is -1.15. The number of nitrogens with zero attached hydrogens (tertiary/aromatic N) is 9. The van der Waals surface area contributed by atoms with Crippen molar-refractivity contribution in [1.29, 1.82) is 15.8 Å². The summed E-state index contributed by atoms with van der Waals surface area (Å²) >= 11 is 1.43. The van der Waals surface area contributed by atoms with Gasteiger partial charge in [0, 0.05) is 62.4 Å². The molecule has 10 nitrogen and oxygen atoms in total. The molecule has 0 N–H and O–H groups in total. The van der Waals surface area contributed by atoms with Gasteiger partial charge in [-0.05, 0) is 18.5 Å². The van der Waals surface area contributed by atoms with Gasteiger partial charge in [-0.3, -0.25) is 4.68 Å². The lowest BCUT2D eigenvalue weighted by atomic mass is 9.96. The minimum absolute atomic E-state index is 0.119. The van der Waals surface area contributed by atoms with Gasteiger partial charge in [-0.15, -0.1) is 11.3 Å². The number of hydrogen-bond donors (Lipinski definition) is 0. The van der Waals surface area contributed by atoms with Crippen LogP contribution in [0.2, 0.25) is 25.7 Å². The Labute approximate surface area is 238 Å². The molecular weight excluding hydrogens is 539 g/mol. The molecule has 0 aromatic carbocycles. The first kappa shape index (κ1) is 27.5. The number of aromatic nitrogens is 5. The Hall–Kier alpha value is -4.02. The number of thiophene rings is 1. The molecule has 1 aliphatic rings. The van der Waals surface area contributed by atoms with Gasteiger partial charge in [-0.1, -0.05) is 19.6 Å². The fraction of sp³-hybridized carbons (Fsp3) is 0.429. The molecule has 1 fully saturated rings. The number of nitriles is 3. The Kier molecular flexibility index (Phi) is 7.99. The van der Waals surface area contributed by atoms with Crippen molar-refractivity contribution in [2.24, 2.45) is 5.92 Å². The SMILES string of the molecule is C[Si](C)(C)CCOCn1ccc2c(-c3cnn([C@@H](CC#N)[C@H]4CCN(c5scc(C#N)c5C#N)C4)c3)ncnc21. The number of fused-ring (bicyclic) bond motifs is 1. The van der Waals surface area contributed by atoms with Crippen molar-refractivity contribution in [3.05, 3.63) is 47.5 Å². The molecule has 4 aromatic heterocycles. The average molecular weight is 570 g/mol. The maximum Gasteiger partial charge on any atom is 0.145 e. The Morgan fingerprint density at radius 2 is 2.05 bits per heavy atom. The molecule has 40 heavy (non-hydrogen) atoms. The van der Waals surface area contributed by atoms with E-state index in [9.17, 15) is 15.8 Å². The lowest BCUT2D eigenvalue weighted by Gasteiger charge is -2.23. The lowest BCUT2D eigenvalue weighted by molar-refractivity contribution is 0.0899. The fourth-order valence-electron chi connectivity index (χ4n) is 5.15. The summed E-state index contributed by atoms with van der Waals surface area (Å²) in [6.45, 7) is 9.66. The molecule has 0 aliphatic carbocycles. The quantitative estimate of drug-likeness (QED) is 0.183. The third-order valence-corrected chi connectivity index (χ3v) is 10.1. The van der Waals surface area contributed by atoms with Crippen molar-refractivity contribution in [1.82, 2.24) is 24.3 Å². The maximum absolute atomic E-state index is 9.64. The molecule has 0 spiro atoms. The highest BCUT2D eigenvalue weighted by atomic mass is 32.1. The van der Waals surface area contributed by atoms with Crippen LogP contribution in [-0.2, 0) is 11.5 Å². The van der Waals surface area contributed by atoms with Crippen LogP contribution in [0.5, 0.6) is 0 Å². The highest BCUT2D eigenvalue weighted by molar-refractivity contribution is 7.14. The molecule has 0 amide bonds. The molecule has 5 heterocycles. The first-order valence-electron chi connectivity index (χ1n) is 13.3. The van der Waals surface area contributed by atoms with E-state index in [4.69, 9.17) is 4.74 Å². The van der Waals surface area contributed by atoms with Crippen LogP contribution >= 0.6 is 11.3 Å². The predicted octanol–water partition coefficient (Wildman–Crippen LogP) is 5.39. The van der Waals surface area contributed by atoms with Gasteiger partial charge >= 0.3 is 0 Å². The van der Waals surface area contributed by atoms with Crippen LogP contribution in [0.15, 0.2) is 36.4 Å². The Balaban J connectivity index is 1.34. The largest absolute Gasteiger partial charge is 0.362 e. The van der Waals surface area contributed by atoms with Gasteiger partial charge < -0.3 is 14.2 Å². The van der Waals surface area contributed by atoms with E-state index in [1.807, 2.05) is 27.7 Å². The second-order valence-electron chi connectivity index (χ2n) is 11.3. The van der Waals surface area contributed by atoms with E-state index in [1.165, 1.54) is 11.3 Å². The summed E-state index contributed by atoms with van der Waals surface area (Å²) in [5.74, 6) is 0.173. The van der Waals surface area contributed by atoms with E-state index in [1.54, 1.807) is 17.9 Å². The Bertz CT molecular complexity index is 1630. The zero-order valence-electron chi connectivity index (χ0n) is 22.9. The first-order valence-corrected chi connectivity index (χ1v) is 17.9. The van der Waals surface area contributed by atoms with Crippen LogP contribution < -0.4 is 4.90 Å². The van der Waals surface area contributed by atoms with Gasteiger partial charge in [-0.2, -0.15) is 20.9 Å². The van der Waals surface area contributed by atoms with E-state index in [-0.39, 0.29) is 12.0 Å². The van der Waals surface area contributed by atoms with Crippen molar-refractivity contribution in [2.75, 3.05) is 24.6 Å². The summed E-state index contributed by atoms with van der Waals surface area (Å²) in [7, 11) is -1.15. The van der Waals surface area contributed by atoms with Crippen LogP contribution in [0.3, 0.4) is 0 Å². The molecule has 0 unspecified atom stereocenters. The topological polar surface area (TPSA) is 132 Å².